The first kappa shape index (κ1) is 70.4. The minimum Gasteiger partial charge on any atom is -0.479 e. The van der Waals surface area contributed by atoms with Gasteiger partial charge in [0.2, 0.25) is 0 Å². The van der Waals surface area contributed by atoms with Crippen LogP contribution in [0.25, 0.3) is 0 Å². The van der Waals surface area contributed by atoms with Gasteiger partial charge in [-0.15, -0.1) is 0 Å². The lowest BCUT2D eigenvalue weighted by atomic mass is 9.98. The lowest BCUT2D eigenvalue weighted by Gasteiger charge is -2.40. The summed E-state index contributed by atoms with van der Waals surface area (Å²) in [5.41, 5.74) is 0. The molecular formula is C65H104O12. The molecule has 0 radical (unpaired) electrons. The maximum atomic E-state index is 13.1. The van der Waals surface area contributed by atoms with Crippen LogP contribution in [0.1, 0.15) is 226 Å². The second kappa shape index (κ2) is 52.1. The quantitative estimate of drug-likeness (QED) is 0.0228. The normalized spacial score (nSPS) is 18.8. The Morgan fingerprint density at radius 1 is 0.455 bits per heavy atom. The minimum atomic E-state index is -1.94. The molecule has 436 valence electrons. The number of ether oxygens (including phenoxy) is 5. The molecule has 1 heterocycles. The van der Waals surface area contributed by atoms with Gasteiger partial charge in [0.05, 0.1) is 13.0 Å². The third-order valence-electron chi connectivity index (χ3n) is 12.8. The molecular weight excluding hydrogens is 973 g/mol. The molecule has 0 aromatic rings. The predicted molar refractivity (Wildman–Crippen MR) is 312 cm³/mol. The number of unbranched alkanes of at least 4 members (excludes halogenated alkanes) is 18. The van der Waals surface area contributed by atoms with Crippen LogP contribution in [0, 0.1) is 0 Å². The summed E-state index contributed by atoms with van der Waals surface area (Å²) in [5, 5.41) is 31.4. The Kier molecular flexibility index (Phi) is 47.6. The third-order valence-corrected chi connectivity index (χ3v) is 12.8. The van der Waals surface area contributed by atoms with Crippen LogP contribution >= 0.6 is 0 Å². The van der Waals surface area contributed by atoms with Gasteiger partial charge in [-0.05, 0) is 103 Å². The lowest BCUT2D eigenvalue weighted by Crippen LogP contribution is -2.61. The van der Waals surface area contributed by atoms with E-state index in [4.69, 9.17) is 23.7 Å². The van der Waals surface area contributed by atoms with E-state index >= 15 is 0 Å². The summed E-state index contributed by atoms with van der Waals surface area (Å²) in [5.74, 6) is -3.32. The number of carboxylic acids is 1. The molecule has 1 aliphatic rings. The second-order valence-electron chi connectivity index (χ2n) is 19.9. The van der Waals surface area contributed by atoms with E-state index in [0.29, 0.717) is 19.3 Å². The first-order valence-corrected chi connectivity index (χ1v) is 29.9. The number of carbonyl (C=O) groups is 4. The molecule has 1 aliphatic heterocycles. The first-order valence-electron chi connectivity index (χ1n) is 29.9. The number of allylic oxidation sites excluding steroid dienone is 17. The molecule has 0 aromatic carbocycles. The van der Waals surface area contributed by atoms with Crippen LogP contribution < -0.4 is 0 Å². The number of carbonyl (C=O) groups excluding carboxylic acids is 3. The second-order valence-corrected chi connectivity index (χ2v) is 19.9. The highest BCUT2D eigenvalue weighted by molar-refractivity contribution is 5.74. The van der Waals surface area contributed by atoms with Gasteiger partial charge in [0, 0.05) is 12.8 Å². The first-order chi connectivity index (χ1) is 37.6. The number of rotatable bonds is 49. The molecule has 1 saturated heterocycles. The molecule has 0 amide bonds. The van der Waals surface area contributed by atoms with E-state index in [9.17, 15) is 34.5 Å². The van der Waals surface area contributed by atoms with Crippen molar-refractivity contribution in [2.24, 2.45) is 0 Å². The Labute approximate surface area is 465 Å². The Hall–Kier alpha value is -4.62. The fourth-order valence-electron chi connectivity index (χ4n) is 8.28. The zero-order chi connectivity index (χ0) is 56.1. The number of hydrogen-bond acceptors (Lipinski definition) is 11. The third kappa shape index (κ3) is 42.1. The van der Waals surface area contributed by atoms with Crippen LogP contribution in [-0.4, -0.2) is 89.2 Å². The van der Waals surface area contributed by atoms with E-state index < -0.39 is 67.3 Å². The van der Waals surface area contributed by atoms with Crippen molar-refractivity contribution in [3.8, 4) is 0 Å². The van der Waals surface area contributed by atoms with Crippen LogP contribution in [0.5, 0.6) is 0 Å². The van der Waals surface area contributed by atoms with Crippen LogP contribution in [0.2, 0.25) is 0 Å². The van der Waals surface area contributed by atoms with Gasteiger partial charge in [-0.1, -0.05) is 214 Å². The van der Waals surface area contributed by atoms with Gasteiger partial charge in [0.1, 0.15) is 18.8 Å². The summed E-state index contributed by atoms with van der Waals surface area (Å²) in [6.07, 6.45) is 58.0. The number of aliphatic hydroxyl groups is 2. The van der Waals surface area contributed by atoms with E-state index in [2.05, 4.69) is 106 Å². The Morgan fingerprint density at radius 3 is 1.36 bits per heavy atom. The topological polar surface area (TPSA) is 175 Å². The van der Waals surface area contributed by atoms with Crippen molar-refractivity contribution in [2.45, 2.75) is 263 Å². The molecule has 12 heteroatoms. The fraction of sp³-hybridized carbons (Fsp3) is 0.662. The maximum Gasteiger partial charge on any atom is 0.335 e. The average Bonchev–Trinajstić information content (AvgIpc) is 3.42. The van der Waals surface area contributed by atoms with Crippen molar-refractivity contribution in [3.05, 3.63) is 109 Å². The SMILES string of the molecule is CC/C=C\C/C=C\C/C=C\C/C=C\C/C=C\CC(=O)OC1C(OCC(COC(=O)CCCCCCCCCCC/C=C\C/C=C\CCCCC)OC(=O)CCCCCCC/C=C\C/C=C\CCC)OC(C(=O)O)C(O)C1O. The van der Waals surface area contributed by atoms with Gasteiger partial charge in [-0.2, -0.15) is 0 Å². The molecule has 0 spiro atoms. The van der Waals surface area contributed by atoms with Crippen molar-refractivity contribution < 1.29 is 58.2 Å². The molecule has 12 nitrogen and oxygen atoms in total. The van der Waals surface area contributed by atoms with E-state index in [-0.39, 0.29) is 25.9 Å². The molecule has 3 N–H and O–H groups in total. The fourth-order valence-corrected chi connectivity index (χ4v) is 8.28. The van der Waals surface area contributed by atoms with Crippen molar-refractivity contribution >= 4 is 23.9 Å². The van der Waals surface area contributed by atoms with Gasteiger partial charge >= 0.3 is 23.9 Å². The lowest BCUT2D eigenvalue weighted by molar-refractivity contribution is -0.301. The van der Waals surface area contributed by atoms with Crippen molar-refractivity contribution in [3.63, 3.8) is 0 Å². The minimum absolute atomic E-state index is 0.130. The van der Waals surface area contributed by atoms with Gasteiger partial charge in [0.15, 0.2) is 24.6 Å². The van der Waals surface area contributed by atoms with E-state index in [1.54, 1.807) is 12.2 Å². The Morgan fingerprint density at radius 2 is 0.883 bits per heavy atom. The summed E-state index contributed by atoms with van der Waals surface area (Å²) in [7, 11) is 0. The summed E-state index contributed by atoms with van der Waals surface area (Å²) < 4.78 is 28.3. The number of aliphatic hydroxyl groups excluding tert-OH is 2. The highest BCUT2D eigenvalue weighted by atomic mass is 16.7. The monoisotopic (exact) mass is 1080 g/mol. The highest BCUT2D eigenvalue weighted by Crippen LogP contribution is 2.26. The largest absolute Gasteiger partial charge is 0.479 e. The van der Waals surface area contributed by atoms with Crippen LogP contribution in [0.15, 0.2) is 109 Å². The van der Waals surface area contributed by atoms with Crippen LogP contribution in [0.3, 0.4) is 0 Å². The molecule has 0 bridgehead atoms. The van der Waals surface area contributed by atoms with Gasteiger partial charge in [0.25, 0.3) is 0 Å². The number of esters is 3. The number of aliphatic carboxylic acids is 1. The number of hydrogen-bond donors (Lipinski definition) is 3. The highest BCUT2D eigenvalue weighted by Gasteiger charge is 2.50. The predicted octanol–water partition coefficient (Wildman–Crippen LogP) is 15.4. The summed E-state index contributed by atoms with van der Waals surface area (Å²) >= 11 is 0. The van der Waals surface area contributed by atoms with E-state index in [0.717, 1.165) is 109 Å². The molecule has 77 heavy (non-hydrogen) atoms. The average molecular weight is 1080 g/mol. The van der Waals surface area contributed by atoms with Crippen LogP contribution in [-0.2, 0) is 42.9 Å². The Bertz CT molecular complexity index is 1750. The van der Waals surface area contributed by atoms with Crippen molar-refractivity contribution in [2.75, 3.05) is 13.2 Å². The van der Waals surface area contributed by atoms with Crippen molar-refractivity contribution in [1.82, 2.24) is 0 Å². The number of carboxylic acid groups (broad SMARTS) is 1. The van der Waals surface area contributed by atoms with Gasteiger partial charge in [-0.3, -0.25) is 14.4 Å². The van der Waals surface area contributed by atoms with E-state index in [1.807, 2.05) is 12.2 Å². The molecule has 6 unspecified atom stereocenters. The Balaban J connectivity index is 2.73. The summed E-state index contributed by atoms with van der Waals surface area (Å²) in [6, 6.07) is 0. The van der Waals surface area contributed by atoms with E-state index in [1.165, 1.54) is 57.8 Å². The smallest absolute Gasteiger partial charge is 0.335 e. The summed E-state index contributed by atoms with van der Waals surface area (Å²) in [4.78, 5) is 51.1. The molecule has 0 aliphatic carbocycles. The molecule has 0 aromatic heterocycles. The van der Waals surface area contributed by atoms with Crippen molar-refractivity contribution in [1.29, 1.82) is 0 Å². The maximum absolute atomic E-state index is 13.1. The van der Waals surface area contributed by atoms with Crippen LogP contribution in [0.4, 0.5) is 0 Å². The molecule has 6 atom stereocenters. The van der Waals surface area contributed by atoms with Gasteiger partial charge < -0.3 is 39.0 Å². The van der Waals surface area contributed by atoms with Gasteiger partial charge in [-0.25, -0.2) is 4.79 Å². The standard InChI is InChI=1S/C65H104O12/c1-4-7-10-13-16-19-22-25-27-28-29-30-32-34-36-39-42-45-48-51-57(66)73-54-56(75-58(67)52-49-46-43-40-37-33-24-21-18-15-12-9-6-3)55-74-65-63(61(70)60(69)62(77-65)64(71)72)76-59(68)53-50-47-44-41-38-35-31-26-23-20-17-14-11-8-5-2/h8,11-12,15-17,19-21,24-27,31,38,41,47,50,56,60-63,65,69-70H,4-7,9-10,13-14,18,22-23,28-30,32-37,39-40,42-46,48-49,51-55H2,1-3H3,(H,71,72)/b11-8-,15-12-,19-16-,20-17-,24-21-,27-25-,31-26-,41-38-,50-47-. The zero-order valence-corrected chi connectivity index (χ0v) is 47.9. The molecule has 1 fully saturated rings. The molecule has 1 rings (SSSR count). The molecule has 0 saturated carbocycles. The summed E-state index contributed by atoms with van der Waals surface area (Å²) in [6.45, 7) is 5.72. The zero-order valence-electron chi connectivity index (χ0n) is 47.9.